The minimum Gasteiger partial charge on any atom is -0.394 e. The van der Waals surface area contributed by atoms with Gasteiger partial charge in [-0.3, -0.25) is 4.55 Å². The first-order chi connectivity index (χ1) is 12.5. The van der Waals surface area contributed by atoms with Crippen LogP contribution in [0.5, 0.6) is 0 Å². The Morgan fingerprint density at radius 1 is 0.815 bits per heavy atom. The third-order valence-corrected chi connectivity index (χ3v) is 4.61. The van der Waals surface area contributed by atoms with Gasteiger partial charge in [0.25, 0.3) is 0 Å². The van der Waals surface area contributed by atoms with Crippen LogP contribution in [-0.4, -0.2) is 123 Å². The summed E-state index contributed by atoms with van der Waals surface area (Å²) in [6.45, 7) is -1.72. The molecule has 0 spiro atoms. The standard InChI is InChI=1S/C12H22O14S/c13-1-3-10(7(16)8(17)11(19)24-3)26-12-9(18)6(15)5(14)4(25-12)2-23-27(20,21)22/h3-19H,1-2H2,(H,20,21,22)/t3-,4+,5-,6-,7-,8-,9+,10-,11-,12-/m0/s1. The zero-order chi connectivity index (χ0) is 20.5. The van der Waals surface area contributed by atoms with E-state index >= 15 is 0 Å². The smallest absolute Gasteiger partial charge is 0.394 e. The molecule has 160 valence electrons. The van der Waals surface area contributed by atoms with Crippen LogP contribution >= 0.6 is 0 Å². The van der Waals surface area contributed by atoms with Gasteiger partial charge in [-0.2, -0.15) is 8.42 Å². The highest BCUT2D eigenvalue weighted by Gasteiger charge is 2.50. The molecule has 2 saturated heterocycles. The fraction of sp³-hybridized carbons (Fsp3) is 1.00. The summed E-state index contributed by atoms with van der Waals surface area (Å²) >= 11 is 0. The van der Waals surface area contributed by atoms with E-state index in [1.807, 2.05) is 0 Å². The maximum absolute atomic E-state index is 10.6. The van der Waals surface area contributed by atoms with E-state index in [9.17, 15) is 44.2 Å². The molecule has 15 heteroatoms. The zero-order valence-electron chi connectivity index (χ0n) is 13.6. The summed E-state index contributed by atoms with van der Waals surface area (Å²) in [5.41, 5.74) is 0. The van der Waals surface area contributed by atoms with Crippen LogP contribution in [0.2, 0.25) is 0 Å². The summed E-state index contributed by atoms with van der Waals surface area (Å²) in [7, 11) is -4.89. The van der Waals surface area contributed by atoms with Crippen LogP contribution in [0, 0.1) is 0 Å². The van der Waals surface area contributed by atoms with Crippen molar-refractivity contribution in [3.05, 3.63) is 0 Å². The molecule has 14 nitrogen and oxygen atoms in total. The molecule has 0 aromatic carbocycles. The summed E-state index contributed by atoms with van der Waals surface area (Å²) in [6.07, 6.45) is -17.3. The zero-order valence-corrected chi connectivity index (χ0v) is 14.4. The third-order valence-electron chi connectivity index (χ3n) is 4.18. The lowest BCUT2D eigenvalue weighted by atomic mass is 9.97. The van der Waals surface area contributed by atoms with Crippen LogP contribution in [0.1, 0.15) is 0 Å². The topological polar surface area (TPSA) is 233 Å². The Morgan fingerprint density at radius 3 is 2.00 bits per heavy atom. The van der Waals surface area contributed by atoms with Gasteiger partial charge in [-0.15, -0.1) is 0 Å². The summed E-state index contributed by atoms with van der Waals surface area (Å²) in [5.74, 6) is 0. The van der Waals surface area contributed by atoms with Gasteiger partial charge in [0.05, 0.1) is 13.2 Å². The molecule has 2 aliphatic rings. The van der Waals surface area contributed by atoms with E-state index < -0.39 is 85.0 Å². The average molecular weight is 422 g/mol. The second-order valence-electron chi connectivity index (χ2n) is 6.06. The average Bonchev–Trinajstić information content (AvgIpc) is 2.60. The second-order valence-corrected chi connectivity index (χ2v) is 7.15. The molecule has 0 unspecified atom stereocenters. The second kappa shape index (κ2) is 8.87. The van der Waals surface area contributed by atoms with Crippen molar-refractivity contribution in [1.29, 1.82) is 0 Å². The van der Waals surface area contributed by atoms with E-state index in [-0.39, 0.29) is 0 Å². The van der Waals surface area contributed by atoms with Gasteiger partial charge in [0.1, 0.15) is 48.8 Å². The summed E-state index contributed by atoms with van der Waals surface area (Å²) in [5, 5.41) is 68.1. The van der Waals surface area contributed by atoms with Crippen molar-refractivity contribution >= 4 is 10.4 Å². The molecule has 0 radical (unpaired) electrons. The van der Waals surface area contributed by atoms with Gasteiger partial charge in [-0.25, -0.2) is 4.18 Å². The van der Waals surface area contributed by atoms with Crippen LogP contribution in [0.25, 0.3) is 0 Å². The molecular formula is C12H22O14S. The largest absolute Gasteiger partial charge is 0.397 e. The van der Waals surface area contributed by atoms with Crippen LogP contribution in [0.4, 0.5) is 0 Å². The first kappa shape index (κ1) is 22.8. The molecular weight excluding hydrogens is 400 g/mol. The molecule has 0 aliphatic carbocycles. The van der Waals surface area contributed by atoms with Gasteiger partial charge in [0, 0.05) is 0 Å². The Labute approximate surface area is 153 Å². The molecule has 2 heterocycles. The first-order valence-electron chi connectivity index (χ1n) is 7.73. The summed E-state index contributed by atoms with van der Waals surface area (Å²) in [6, 6.07) is 0. The van der Waals surface area contributed by atoms with E-state index in [1.165, 1.54) is 0 Å². The molecule has 0 amide bonds. The lowest BCUT2D eigenvalue weighted by Gasteiger charge is -2.45. The van der Waals surface area contributed by atoms with Gasteiger partial charge >= 0.3 is 10.4 Å². The van der Waals surface area contributed by atoms with Crippen LogP contribution < -0.4 is 0 Å². The van der Waals surface area contributed by atoms with Gasteiger partial charge in [-0.1, -0.05) is 0 Å². The molecule has 2 aliphatic heterocycles. The molecule has 0 aromatic rings. The SMILES string of the molecule is O=S(=O)(O)OC[C@H]1O[C@@H](O[C@@H]2[C@@H](O)[C@H](O)[C@@H](O)O[C@H]2CO)[C@H](O)[C@@H](O)[C@H]1O. The minimum absolute atomic E-state index is 0.769. The number of rotatable bonds is 6. The predicted octanol–water partition coefficient (Wildman–Crippen LogP) is -5.57. The van der Waals surface area contributed by atoms with Gasteiger partial charge in [-0.05, 0) is 0 Å². The van der Waals surface area contributed by atoms with E-state index in [4.69, 9.17) is 18.8 Å². The number of hydrogen-bond donors (Lipinski definition) is 8. The van der Waals surface area contributed by atoms with Crippen molar-refractivity contribution in [3.8, 4) is 0 Å². The maximum atomic E-state index is 10.6. The fourth-order valence-electron chi connectivity index (χ4n) is 2.71. The van der Waals surface area contributed by atoms with Crippen molar-refractivity contribution < 1.29 is 67.1 Å². The molecule has 0 aromatic heterocycles. The molecule has 2 fully saturated rings. The molecule has 0 bridgehead atoms. The minimum atomic E-state index is -4.89. The van der Waals surface area contributed by atoms with Gasteiger partial charge in [0.15, 0.2) is 12.6 Å². The van der Waals surface area contributed by atoms with E-state index in [0.717, 1.165) is 0 Å². The molecule has 0 saturated carbocycles. The van der Waals surface area contributed by atoms with Gasteiger partial charge < -0.3 is 50.0 Å². The summed E-state index contributed by atoms with van der Waals surface area (Å²) in [4.78, 5) is 0. The quantitative estimate of drug-likeness (QED) is 0.186. The lowest BCUT2D eigenvalue weighted by Crippen LogP contribution is -2.64. The highest BCUT2D eigenvalue weighted by molar-refractivity contribution is 7.80. The Hall–Kier alpha value is -0.530. The first-order valence-corrected chi connectivity index (χ1v) is 9.10. The Balaban J connectivity index is 2.12. The van der Waals surface area contributed by atoms with E-state index in [1.54, 1.807) is 0 Å². The monoisotopic (exact) mass is 422 g/mol. The predicted molar refractivity (Wildman–Crippen MR) is 79.0 cm³/mol. The molecule has 2 rings (SSSR count). The van der Waals surface area contributed by atoms with Crippen molar-refractivity contribution in [2.45, 2.75) is 61.4 Å². The maximum Gasteiger partial charge on any atom is 0.397 e. The normalized spacial score (nSPS) is 46.4. The van der Waals surface area contributed by atoms with E-state index in [0.29, 0.717) is 0 Å². The van der Waals surface area contributed by atoms with Crippen molar-refractivity contribution in [1.82, 2.24) is 0 Å². The highest BCUT2D eigenvalue weighted by Crippen LogP contribution is 2.28. The van der Waals surface area contributed by atoms with Gasteiger partial charge in [0.2, 0.25) is 0 Å². The number of aliphatic hydroxyl groups is 7. The third kappa shape index (κ3) is 5.30. The molecule has 10 atom stereocenters. The van der Waals surface area contributed by atoms with Crippen molar-refractivity contribution in [2.75, 3.05) is 13.2 Å². The highest BCUT2D eigenvalue weighted by atomic mass is 32.3. The number of ether oxygens (including phenoxy) is 3. The number of hydrogen-bond acceptors (Lipinski definition) is 13. The summed E-state index contributed by atoms with van der Waals surface area (Å²) < 4.78 is 49.1. The molecule has 8 N–H and O–H groups in total. The Morgan fingerprint density at radius 2 is 1.44 bits per heavy atom. The lowest BCUT2D eigenvalue weighted by molar-refractivity contribution is -0.354. The van der Waals surface area contributed by atoms with Crippen molar-refractivity contribution in [3.63, 3.8) is 0 Å². The van der Waals surface area contributed by atoms with Crippen LogP contribution in [-0.2, 0) is 28.8 Å². The van der Waals surface area contributed by atoms with E-state index in [2.05, 4.69) is 4.18 Å². The van der Waals surface area contributed by atoms with Crippen molar-refractivity contribution in [2.24, 2.45) is 0 Å². The molecule has 27 heavy (non-hydrogen) atoms. The Kier molecular flexibility index (Phi) is 7.47. The number of aliphatic hydroxyl groups excluding tert-OH is 7. The fourth-order valence-corrected chi connectivity index (χ4v) is 3.02. The van der Waals surface area contributed by atoms with Crippen LogP contribution in [0.3, 0.4) is 0 Å². The Bertz CT molecular complexity index is 583. The van der Waals surface area contributed by atoms with Crippen LogP contribution in [0.15, 0.2) is 0 Å².